The molecule has 61 heavy (non-hydrogen) atoms. The molecule has 2 heterocycles. The molecule has 1 N–H and O–H groups in total. The molecule has 0 aliphatic carbocycles. The van der Waals surface area contributed by atoms with Crippen molar-refractivity contribution < 1.29 is 37.1 Å². The summed E-state index contributed by atoms with van der Waals surface area (Å²) in [5, 5.41) is 16.7. The largest absolute Gasteiger partial charge is 0.512 e. The van der Waals surface area contributed by atoms with E-state index in [0.29, 0.717) is 6.42 Å². The average Bonchev–Trinajstić information content (AvgIpc) is 3.20. The Hall–Kier alpha value is -4.08. The number of pyridine rings is 2. The fourth-order valence-electron chi connectivity index (χ4n) is 7.40. The summed E-state index contributed by atoms with van der Waals surface area (Å²) < 4.78 is 28.6. The van der Waals surface area contributed by atoms with E-state index in [2.05, 4.69) is 143 Å². The predicted molar refractivity (Wildman–Crippen MR) is 261 cm³/mol. The van der Waals surface area contributed by atoms with E-state index < -0.39 is 22.8 Å². The smallest absolute Gasteiger partial charge is 0.162 e. The van der Waals surface area contributed by atoms with E-state index in [1.54, 1.807) is 0 Å². The molecule has 0 saturated carbocycles. The fourth-order valence-corrected chi connectivity index (χ4v) is 9.73. The van der Waals surface area contributed by atoms with Crippen LogP contribution in [-0.2, 0) is 24.9 Å². The maximum atomic E-state index is 12.2. The second-order valence-electron chi connectivity index (χ2n) is 18.1. The Morgan fingerprint density at radius 2 is 1.20 bits per heavy atom. The van der Waals surface area contributed by atoms with E-state index in [9.17, 15) is 14.3 Å². The normalized spacial score (nSPS) is 12.7. The minimum absolute atomic E-state index is 0. The van der Waals surface area contributed by atoms with Crippen molar-refractivity contribution in [2.75, 3.05) is 6.67 Å². The van der Waals surface area contributed by atoms with Gasteiger partial charge < -0.3 is 15.1 Å². The standard InChI is InChI=1S/2C20H22NSi.C13H23FO2.Ir/c2*1-14-10-15(2)12-17(11-14)20-19-7-6-18(22(3,4)5)13-16(19)8-9-21-20;1-4-10(5-2)12(15)9-13(16)11(6-3)7-8-14;/h2*6-11,13H,1-5H3;9-11,16H,4-8H2,1-3H3;/q2*-1;;/b;;13-9-;/i8D,9D;;;. The third-order valence-corrected chi connectivity index (χ3v) is 15.1. The maximum absolute atomic E-state index is 12.2. The van der Waals surface area contributed by atoms with Crippen molar-refractivity contribution in [3.63, 3.8) is 0 Å². The predicted octanol–water partition coefficient (Wildman–Crippen LogP) is 13.5. The van der Waals surface area contributed by atoms with Crippen LogP contribution in [0.15, 0.2) is 97.0 Å². The zero-order valence-electron chi connectivity index (χ0n) is 40.7. The van der Waals surface area contributed by atoms with Gasteiger partial charge >= 0.3 is 0 Å². The van der Waals surface area contributed by atoms with Crippen LogP contribution in [-0.4, -0.2) is 43.7 Å². The zero-order chi connectivity index (χ0) is 46.1. The number of aliphatic hydroxyl groups is 1. The van der Waals surface area contributed by atoms with Gasteiger partial charge in [-0.05, 0) is 70.7 Å². The van der Waals surface area contributed by atoms with Crippen LogP contribution in [0.2, 0.25) is 39.3 Å². The van der Waals surface area contributed by atoms with Gasteiger partial charge in [0.2, 0.25) is 0 Å². The van der Waals surface area contributed by atoms with E-state index in [4.69, 9.17) is 2.74 Å². The van der Waals surface area contributed by atoms with Crippen LogP contribution in [0.3, 0.4) is 0 Å². The summed E-state index contributed by atoms with van der Waals surface area (Å²) in [7, 11) is -2.77. The molecular weight excluding hydrogens is 964 g/mol. The number of ketones is 1. The van der Waals surface area contributed by atoms with Crippen LogP contribution >= 0.6 is 0 Å². The van der Waals surface area contributed by atoms with Gasteiger partial charge in [0, 0.05) is 50.4 Å². The van der Waals surface area contributed by atoms with E-state index in [0.717, 1.165) is 62.8 Å². The number of carbonyl (C=O) groups excluding carboxylic acids is 1. The van der Waals surface area contributed by atoms with Crippen molar-refractivity contribution in [2.45, 2.75) is 113 Å². The van der Waals surface area contributed by atoms with Crippen LogP contribution in [0, 0.1) is 51.7 Å². The minimum atomic E-state index is -1.48. The summed E-state index contributed by atoms with van der Waals surface area (Å²) in [5.41, 5.74) is 8.38. The quantitative estimate of drug-likeness (QED) is 0.0574. The van der Waals surface area contributed by atoms with E-state index in [-0.39, 0.29) is 62.1 Å². The van der Waals surface area contributed by atoms with Crippen LogP contribution in [0.25, 0.3) is 44.1 Å². The van der Waals surface area contributed by atoms with Crippen molar-refractivity contribution >= 4 is 53.8 Å². The molecule has 0 amide bonds. The second kappa shape index (κ2) is 22.8. The number of rotatable bonds is 12. The van der Waals surface area contributed by atoms with Gasteiger partial charge in [0.15, 0.2) is 5.78 Å². The number of hydrogen-bond acceptors (Lipinski definition) is 4. The van der Waals surface area contributed by atoms with Gasteiger partial charge in [-0.25, -0.2) is 0 Å². The number of halogens is 1. The van der Waals surface area contributed by atoms with Crippen LogP contribution in [0.4, 0.5) is 4.39 Å². The first-order chi connectivity index (χ1) is 29.1. The Morgan fingerprint density at radius 1 is 0.721 bits per heavy atom. The number of allylic oxidation sites excluding steroid dienone is 2. The Morgan fingerprint density at radius 3 is 1.66 bits per heavy atom. The first-order valence-corrected chi connectivity index (χ1v) is 28.4. The number of hydrogen-bond donors (Lipinski definition) is 1. The van der Waals surface area contributed by atoms with Gasteiger partial charge in [-0.3, -0.25) is 9.18 Å². The van der Waals surface area contributed by atoms with Crippen molar-refractivity contribution in [2.24, 2.45) is 11.8 Å². The van der Waals surface area contributed by atoms with Gasteiger partial charge in [0.05, 0.1) is 31.3 Å². The van der Waals surface area contributed by atoms with Gasteiger partial charge in [0.1, 0.15) is 0 Å². The molecule has 1 radical (unpaired) electrons. The SMILES string of the molecule is CCC(CC)C(=O)/C=C(\O)C(CC)CCF.Cc1[c-]c(-c2nccc3cc([Si](C)(C)C)ccc23)cc(C)c1.[2H]c1nc(-c2[c-]c(C)cc(C)c2)c2ccc([Si](C)(C)C)cc2c1[2H].[Ir]. The summed E-state index contributed by atoms with van der Waals surface area (Å²) in [6, 6.07) is 30.7. The number of aliphatic hydroxyl groups excluding tert-OH is 1. The summed E-state index contributed by atoms with van der Waals surface area (Å²) in [6.45, 7) is 27.6. The molecule has 1 atom stereocenters. The van der Waals surface area contributed by atoms with Crippen LogP contribution in [0.1, 0.15) is 71.4 Å². The molecule has 327 valence electrons. The molecular formula is C53H67FIrN2O2Si2-2. The molecule has 6 aromatic rings. The van der Waals surface area contributed by atoms with Crippen LogP contribution < -0.4 is 10.4 Å². The molecule has 0 aliphatic heterocycles. The average molecular weight is 1030 g/mol. The summed E-state index contributed by atoms with van der Waals surface area (Å²) in [6.07, 6.45) is 5.73. The Labute approximate surface area is 384 Å². The molecule has 4 nitrogen and oxygen atoms in total. The van der Waals surface area contributed by atoms with E-state index >= 15 is 0 Å². The minimum Gasteiger partial charge on any atom is -0.512 e. The first-order valence-electron chi connectivity index (χ1n) is 22.4. The maximum Gasteiger partial charge on any atom is 0.162 e. The van der Waals surface area contributed by atoms with E-state index in [1.165, 1.54) is 32.8 Å². The van der Waals surface area contributed by atoms with Gasteiger partial charge in [-0.15, -0.1) is 69.8 Å². The second-order valence-corrected chi connectivity index (χ2v) is 28.3. The molecule has 4 aromatic carbocycles. The molecule has 0 fully saturated rings. The molecule has 1 unspecified atom stereocenters. The van der Waals surface area contributed by atoms with Crippen LogP contribution in [0.5, 0.6) is 0 Å². The molecule has 0 bridgehead atoms. The third-order valence-electron chi connectivity index (χ3n) is 11.0. The molecule has 0 saturated heterocycles. The Bertz CT molecular complexity index is 2500. The number of nitrogens with zero attached hydrogens (tertiary/aromatic N) is 2. The Balaban J connectivity index is 0.000000255. The molecule has 0 aliphatic rings. The van der Waals surface area contributed by atoms with Crippen molar-refractivity contribution in [3.05, 3.63) is 131 Å². The monoisotopic (exact) mass is 1030 g/mol. The fraction of sp³-hybridized carbons (Fsp3) is 0.377. The van der Waals surface area contributed by atoms with Crippen molar-refractivity contribution in [3.8, 4) is 22.5 Å². The summed E-state index contributed by atoms with van der Waals surface area (Å²) in [5.74, 6) is -0.245. The zero-order valence-corrected chi connectivity index (χ0v) is 43.1. The van der Waals surface area contributed by atoms with E-state index in [1.807, 2.05) is 40.0 Å². The Kier molecular flexibility index (Phi) is 18.0. The summed E-state index contributed by atoms with van der Waals surface area (Å²) in [4.78, 5) is 20.7. The number of carbonyl (C=O) groups is 1. The summed E-state index contributed by atoms with van der Waals surface area (Å²) >= 11 is 0. The third kappa shape index (κ3) is 14.2. The number of benzene rings is 4. The van der Waals surface area contributed by atoms with Gasteiger partial charge in [0.25, 0.3) is 0 Å². The number of aromatic nitrogens is 2. The first kappa shape index (κ1) is 48.0. The number of aryl methyl sites for hydroxylation is 4. The van der Waals surface area contributed by atoms with Gasteiger partial charge in [-0.2, -0.15) is 0 Å². The van der Waals surface area contributed by atoms with Crippen molar-refractivity contribution in [1.29, 1.82) is 0 Å². The molecule has 0 spiro atoms. The molecule has 2 aromatic heterocycles. The number of fused-ring (bicyclic) bond motifs is 2. The molecule has 8 heteroatoms. The van der Waals surface area contributed by atoms with Gasteiger partial charge in [-0.1, -0.05) is 135 Å². The molecule has 6 rings (SSSR count). The number of alkyl halides is 1. The topological polar surface area (TPSA) is 63.1 Å². The van der Waals surface area contributed by atoms with Crippen molar-refractivity contribution in [1.82, 2.24) is 9.97 Å².